The molecule has 1 aromatic rings. The lowest BCUT2D eigenvalue weighted by atomic mass is 9.87. The predicted octanol–water partition coefficient (Wildman–Crippen LogP) is 2.27. The van der Waals surface area contributed by atoms with E-state index in [4.69, 9.17) is 0 Å². The summed E-state index contributed by atoms with van der Waals surface area (Å²) in [6, 6.07) is 8.52. The summed E-state index contributed by atoms with van der Waals surface area (Å²) in [6.07, 6.45) is 5.56. The summed E-state index contributed by atoms with van der Waals surface area (Å²) in [5.74, 6) is 0.892. The van der Waals surface area contributed by atoms with Crippen LogP contribution in [0.4, 0.5) is 0 Å². The minimum Gasteiger partial charge on any atom is -0.394 e. The maximum atomic E-state index is 12.4. The molecule has 2 N–H and O–H groups in total. The summed E-state index contributed by atoms with van der Waals surface area (Å²) in [4.78, 5) is 14.5. The van der Waals surface area contributed by atoms with Gasteiger partial charge in [0.25, 0.3) is 0 Å². The van der Waals surface area contributed by atoms with Crippen molar-refractivity contribution in [3.8, 4) is 0 Å². The molecule has 1 aromatic carbocycles. The van der Waals surface area contributed by atoms with Gasteiger partial charge >= 0.3 is 0 Å². The third-order valence-electron chi connectivity index (χ3n) is 5.42. The Balaban J connectivity index is 1.58. The van der Waals surface area contributed by atoms with Crippen LogP contribution in [0.15, 0.2) is 24.3 Å². The van der Waals surface area contributed by atoms with Gasteiger partial charge in [-0.2, -0.15) is 0 Å². The molecule has 4 heteroatoms. The summed E-state index contributed by atoms with van der Waals surface area (Å²) in [5.41, 5.74) is 2.46. The van der Waals surface area contributed by atoms with Gasteiger partial charge in [0.05, 0.1) is 19.2 Å². The average Bonchev–Trinajstić information content (AvgIpc) is 2.57. The molecule has 2 aliphatic rings. The molecular formula is C19H28N2O2. The lowest BCUT2D eigenvalue weighted by Crippen LogP contribution is -2.46. The molecule has 1 fully saturated rings. The van der Waals surface area contributed by atoms with Crippen molar-refractivity contribution in [2.75, 3.05) is 19.7 Å². The number of hydrogen-bond acceptors (Lipinski definition) is 3. The first-order chi connectivity index (χ1) is 11.2. The lowest BCUT2D eigenvalue weighted by Gasteiger charge is -2.36. The molecule has 1 aliphatic carbocycles. The Labute approximate surface area is 138 Å². The van der Waals surface area contributed by atoms with Crippen molar-refractivity contribution in [3.05, 3.63) is 35.4 Å². The van der Waals surface area contributed by atoms with Crippen LogP contribution < -0.4 is 5.32 Å². The van der Waals surface area contributed by atoms with E-state index in [0.717, 1.165) is 31.7 Å². The van der Waals surface area contributed by atoms with Crippen molar-refractivity contribution in [1.82, 2.24) is 10.2 Å². The first-order valence-electron chi connectivity index (χ1n) is 8.89. The van der Waals surface area contributed by atoms with Gasteiger partial charge in [-0.05, 0) is 49.1 Å². The summed E-state index contributed by atoms with van der Waals surface area (Å²) in [7, 11) is 0. The average molecular weight is 316 g/mol. The van der Waals surface area contributed by atoms with Crippen LogP contribution in [0, 0.1) is 5.92 Å². The van der Waals surface area contributed by atoms with E-state index in [0.29, 0.717) is 12.6 Å². The van der Waals surface area contributed by atoms with Crippen molar-refractivity contribution in [3.63, 3.8) is 0 Å². The smallest absolute Gasteiger partial charge is 0.234 e. The Morgan fingerprint density at radius 1 is 1.26 bits per heavy atom. The SMILES string of the molecule is CC1CCC(NC(=O)CN2CCc3ccccc3C2CO)CC1. The third-order valence-corrected chi connectivity index (χ3v) is 5.42. The van der Waals surface area contributed by atoms with Gasteiger partial charge in [0.2, 0.25) is 5.91 Å². The van der Waals surface area contributed by atoms with Crippen molar-refractivity contribution >= 4 is 5.91 Å². The van der Waals surface area contributed by atoms with Crippen molar-refractivity contribution in [1.29, 1.82) is 0 Å². The Morgan fingerprint density at radius 2 is 2.00 bits per heavy atom. The molecule has 1 heterocycles. The molecule has 3 rings (SSSR count). The van der Waals surface area contributed by atoms with Gasteiger partial charge in [-0.1, -0.05) is 31.2 Å². The lowest BCUT2D eigenvalue weighted by molar-refractivity contribution is -0.124. The fraction of sp³-hybridized carbons (Fsp3) is 0.632. The Morgan fingerprint density at radius 3 is 2.74 bits per heavy atom. The number of aliphatic hydroxyl groups is 1. The number of benzene rings is 1. The highest BCUT2D eigenvalue weighted by molar-refractivity contribution is 5.78. The van der Waals surface area contributed by atoms with Crippen LogP contribution in [0.5, 0.6) is 0 Å². The fourth-order valence-corrected chi connectivity index (χ4v) is 3.97. The maximum Gasteiger partial charge on any atom is 0.234 e. The predicted molar refractivity (Wildman–Crippen MR) is 91.1 cm³/mol. The maximum absolute atomic E-state index is 12.4. The van der Waals surface area contributed by atoms with Crippen molar-refractivity contribution in [2.24, 2.45) is 5.92 Å². The second-order valence-corrected chi connectivity index (χ2v) is 7.14. The molecule has 1 saturated carbocycles. The summed E-state index contributed by atoms with van der Waals surface area (Å²) in [6.45, 7) is 3.56. The number of carbonyl (C=O) groups is 1. The highest BCUT2D eigenvalue weighted by atomic mass is 16.3. The first-order valence-corrected chi connectivity index (χ1v) is 8.89. The molecule has 0 saturated heterocycles. The van der Waals surface area contributed by atoms with E-state index in [1.807, 2.05) is 12.1 Å². The van der Waals surface area contributed by atoms with Crippen LogP contribution in [0.1, 0.15) is 49.8 Å². The van der Waals surface area contributed by atoms with E-state index in [1.54, 1.807) is 0 Å². The first kappa shape index (κ1) is 16.5. The zero-order chi connectivity index (χ0) is 16.2. The van der Waals surface area contributed by atoms with Gasteiger partial charge < -0.3 is 10.4 Å². The second kappa shape index (κ2) is 7.45. The van der Waals surface area contributed by atoms with E-state index < -0.39 is 0 Å². The van der Waals surface area contributed by atoms with Crippen LogP contribution in [-0.2, 0) is 11.2 Å². The standard InChI is InChI=1S/C19H28N2O2/c1-14-6-8-16(9-7-14)20-19(23)12-21-11-10-15-4-2-3-5-17(15)18(21)13-22/h2-5,14,16,18,22H,6-13H2,1H3,(H,20,23). The minimum atomic E-state index is -0.0583. The van der Waals surface area contributed by atoms with E-state index >= 15 is 0 Å². The van der Waals surface area contributed by atoms with Crippen LogP contribution in [0.2, 0.25) is 0 Å². The molecule has 4 nitrogen and oxygen atoms in total. The third kappa shape index (κ3) is 3.93. The molecule has 0 radical (unpaired) electrons. The topological polar surface area (TPSA) is 52.6 Å². The molecule has 1 aliphatic heterocycles. The molecule has 23 heavy (non-hydrogen) atoms. The number of hydrogen-bond donors (Lipinski definition) is 2. The van der Waals surface area contributed by atoms with Gasteiger partial charge in [-0.15, -0.1) is 0 Å². The van der Waals surface area contributed by atoms with Gasteiger partial charge in [0, 0.05) is 12.6 Å². The highest BCUT2D eigenvalue weighted by Crippen LogP contribution is 2.29. The van der Waals surface area contributed by atoms with Crippen LogP contribution >= 0.6 is 0 Å². The number of amides is 1. The largest absolute Gasteiger partial charge is 0.394 e. The Bertz CT molecular complexity index is 538. The fourth-order valence-electron chi connectivity index (χ4n) is 3.97. The minimum absolute atomic E-state index is 0.0583. The van der Waals surface area contributed by atoms with E-state index in [9.17, 15) is 9.90 Å². The zero-order valence-electron chi connectivity index (χ0n) is 14.0. The summed E-state index contributed by atoms with van der Waals surface area (Å²) >= 11 is 0. The van der Waals surface area contributed by atoms with Crippen molar-refractivity contribution in [2.45, 2.75) is 51.1 Å². The highest BCUT2D eigenvalue weighted by Gasteiger charge is 2.28. The van der Waals surface area contributed by atoms with Crippen LogP contribution in [-0.4, -0.2) is 41.7 Å². The van der Waals surface area contributed by atoms with Crippen LogP contribution in [0.25, 0.3) is 0 Å². The van der Waals surface area contributed by atoms with Crippen molar-refractivity contribution < 1.29 is 9.90 Å². The summed E-state index contributed by atoms with van der Waals surface area (Å²) < 4.78 is 0. The monoisotopic (exact) mass is 316 g/mol. The van der Waals surface area contributed by atoms with Gasteiger partial charge in [0.15, 0.2) is 0 Å². The van der Waals surface area contributed by atoms with Crippen LogP contribution in [0.3, 0.4) is 0 Å². The Hall–Kier alpha value is -1.39. The molecule has 1 unspecified atom stereocenters. The molecule has 0 bridgehead atoms. The second-order valence-electron chi connectivity index (χ2n) is 7.14. The molecule has 0 aromatic heterocycles. The molecule has 0 spiro atoms. The van der Waals surface area contributed by atoms with E-state index in [-0.39, 0.29) is 18.6 Å². The van der Waals surface area contributed by atoms with Gasteiger partial charge in [0.1, 0.15) is 0 Å². The number of aliphatic hydroxyl groups excluding tert-OH is 1. The Kier molecular flexibility index (Phi) is 5.34. The molecule has 1 atom stereocenters. The number of fused-ring (bicyclic) bond motifs is 1. The zero-order valence-corrected chi connectivity index (χ0v) is 14.0. The number of nitrogens with one attached hydrogen (secondary N) is 1. The summed E-state index contributed by atoms with van der Waals surface area (Å²) in [5, 5.41) is 13.0. The number of carbonyl (C=O) groups excluding carboxylic acids is 1. The van der Waals surface area contributed by atoms with Gasteiger partial charge in [-0.3, -0.25) is 9.69 Å². The molecule has 1 amide bonds. The van der Waals surface area contributed by atoms with E-state index in [2.05, 4.69) is 29.3 Å². The normalized spacial score (nSPS) is 28.2. The number of nitrogens with zero attached hydrogens (tertiary/aromatic N) is 1. The van der Waals surface area contributed by atoms with E-state index in [1.165, 1.54) is 24.0 Å². The van der Waals surface area contributed by atoms with Gasteiger partial charge in [-0.25, -0.2) is 0 Å². The quantitative estimate of drug-likeness (QED) is 0.896. The number of rotatable bonds is 4. The molecular weight excluding hydrogens is 288 g/mol. The molecule has 126 valence electrons.